The van der Waals surface area contributed by atoms with Crippen molar-refractivity contribution in [2.24, 2.45) is 0 Å². The molecule has 1 fully saturated rings. The summed E-state index contributed by atoms with van der Waals surface area (Å²) >= 11 is 0. The van der Waals surface area contributed by atoms with Gasteiger partial charge < -0.3 is 10.2 Å². The number of hydrogen-bond donors (Lipinski definition) is 1. The lowest BCUT2D eigenvalue weighted by atomic mass is 10.0. The highest BCUT2D eigenvalue weighted by molar-refractivity contribution is 7.89. The lowest BCUT2D eigenvalue weighted by Gasteiger charge is -2.36. The van der Waals surface area contributed by atoms with Gasteiger partial charge in [0.25, 0.3) is 5.91 Å². The minimum absolute atomic E-state index is 0.0250. The predicted octanol–water partition coefficient (Wildman–Crippen LogP) is 4.34. The van der Waals surface area contributed by atoms with Gasteiger partial charge in [0.1, 0.15) is 0 Å². The Morgan fingerprint density at radius 1 is 1.12 bits per heavy atom. The number of benzene rings is 2. The van der Waals surface area contributed by atoms with Gasteiger partial charge in [-0.1, -0.05) is 18.2 Å². The molecule has 0 saturated carbocycles. The van der Waals surface area contributed by atoms with Crippen LogP contribution in [0.15, 0.2) is 48.5 Å². The third-order valence-electron chi connectivity index (χ3n) is 5.70. The molecule has 6 nitrogen and oxygen atoms in total. The Morgan fingerprint density at radius 3 is 2.41 bits per heavy atom. The maximum atomic E-state index is 13.1. The Bertz CT molecular complexity index is 1070. The van der Waals surface area contributed by atoms with E-state index in [1.165, 1.54) is 16.4 Å². The van der Waals surface area contributed by atoms with Gasteiger partial charge in [0.2, 0.25) is 10.0 Å². The van der Waals surface area contributed by atoms with Crippen molar-refractivity contribution in [2.45, 2.75) is 32.0 Å². The molecule has 0 aromatic heterocycles. The molecule has 0 unspecified atom stereocenters. The number of rotatable bonds is 6. The summed E-state index contributed by atoms with van der Waals surface area (Å²) in [6.45, 7) is 2.38. The fraction of sp³-hybridized carbons (Fsp3) is 0.409. The zero-order chi connectivity index (χ0) is 23.5. The van der Waals surface area contributed by atoms with Crippen molar-refractivity contribution < 1.29 is 26.4 Å². The van der Waals surface area contributed by atoms with E-state index in [2.05, 4.69) is 5.32 Å². The van der Waals surface area contributed by atoms with Crippen molar-refractivity contribution in [3.63, 3.8) is 0 Å². The van der Waals surface area contributed by atoms with Crippen molar-refractivity contribution in [2.75, 3.05) is 31.2 Å². The summed E-state index contributed by atoms with van der Waals surface area (Å²) in [5, 5.41) is 2.92. The van der Waals surface area contributed by atoms with E-state index in [0.29, 0.717) is 37.2 Å². The van der Waals surface area contributed by atoms with E-state index in [0.717, 1.165) is 12.1 Å². The van der Waals surface area contributed by atoms with Crippen LogP contribution >= 0.6 is 0 Å². The molecule has 1 heterocycles. The smallest absolute Gasteiger partial charge is 0.355 e. The Labute approximate surface area is 186 Å². The van der Waals surface area contributed by atoms with Crippen molar-refractivity contribution in [1.82, 2.24) is 9.21 Å². The Kier molecular flexibility index (Phi) is 7.14. The minimum atomic E-state index is -4.46. The van der Waals surface area contributed by atoms with Gasteiger partial charge in [0, 0.05) is 31.9 Å². The zero-order valence-electron chi connectivity index (χ0n) is 17.9. The van der Waals surface area contributed by atoms with E-state index in [1.807, 2.05) is 0 Å². The first-order valence-corrected chi connectivity index (χ1v) is 11.9. The van der Waals surface area contributed by atoms with Crippen LogP contribution in [-0.2, 0) is 16.2 Å². The van der Waals surface area contributed by atoms with Crippen LogP contribution in [0.25, 0.3) is 0 Å². The largest absolute Gasteiger partial charge is 0.416 e. The number of hydrogen-bond acceptors (Lipinski definition) is 4. The van der Waals surface area contributed by atoms with Gasteiger partial charge in [-0.15, -0.1) is 0 Å². The molecule has 2 aromatic carbocycles. The number of amides is 1. The molecule has 174 valence electrons. The van der Waals surface area contributed by atoms with Crippen molar-refractivity contribution in [1.29, 1.82) is 0 Å². The molecule has 10 heteroatoms. The average Bonchev–Trinajstić information content (AvgIpc) is 2.78. The molecule has 2 aromatic rings. The summed E-state index contributed by atoms with van der Waals surface area (Å²) in [6.07, 6.45) is -3.43. The number of para-hydroxylation sites is 1. The summed E-state index contributed by atoms with van der Waals surface area (Å²) in [6, 6.07) is 11.3. The molecule has 0 radical (unpaired) electrons. The highest BCUT2D eigenvalue weighted by atomic mass is 32.2. The van der Waals surface area contributed by atoms with Gasteiger partial charge >= 0.3 is 6.18 Å². The molecule has 1 N–H and O–H groups in total. The zero-order valence-corrected chi connectivity index (χ0v) is 18.7. The molecule has 32 heavy (non-hydrogen) atoms. The van der Waals surface area contributed by atoms with Crippen LogP contribution in [-0.4, -0.2) is 55.5 Å². The lowest BCUT2D eigenvalue weighted by Crippen LogP contribution is -2.47. The second kappa shape index (κ2) is 9.50. The monoisotopic (exact) mass is 469 g/mol. The van der Waals surface area contributed by atoms with Crippen LogP contribution in [0.3, 0.4) is 0 Å². The fourth-order valence-electron chi connectivity index (χ4n) is 3.74. The van der Waals surface area contributed by atoms with Crippen LogP contribution in [0, 0.1) is 0 Å². The number of alkyl halides is 3. The van der Waals surface area contributed by atoms with E-state index in [4.69, 9.17) is 0 Å². The molecule has 0 spiro atoms. The van der Waals surface area contributed by atoms with Gasteiger partial charge in [-0.05, 0) is 50.1 Å². The van der Waals surface area contributed by atoms with Gasteiger partial charge in [-0.25, -0.2) is 12.7 Å². The lowest BCUT2D eigenvalue weighted by molar-refractivity contribution is -0.137. The molecule has 1 saturated heterocycles. The fourth-order valence-corrected chi connectivity index (χ4v) is 4.81. The van der Waals surface area contributed by atoms with Gasteiger partial charge in [0.15, 0.2) is 0 Å². The van der Waals surface area contributed by atoms with Gasteiger partial charge in [0.05, 0.1) is 22.6 Å². The number of halogens is 3. The van der Waals surface area contributed by atoms with Crippen molar-refractivity contribution >= 4 is 27.3 Å². The molecule has 0 atom stereocenters. The summed E-state index contributed by atoms with van der Waals surface area (Å²) in [5.74, 6) is -0.225. The third kappa shape index (κ3) is 5.42. The van der Waals surface area contributed by atoms with Crippen LogP contribution < -0.4 is 5.32 Å². The van der Waals surface area contributed by atoms with Crippen molar-refractivity contribution in [3.05, 3.63) is 59.7 Å². The first-order valence-electron chi connectivity index (χ1n) is 10.3. The third-order valence-corrected chi connectivity index (χ3v) is 7.60. The highest BCUT2D eigenvalue weighted by Gasteiger charge is 2.32. The molecular formula is C22H26F3N3O3S. The van der Waals surface area contributed by atoms with Crippen LogP contribution in [0.5, 0.6) is 0 Å². The molecule has 0 aliphatic carbocycles. The second-order valence-corrected chi connectivity index (χ2v) is 10.0. The van der Waals surface area contributed by atoms with E-state index in [-0.39, 0.29) is 23.4 Å². The van der Waals surface area contributed by atoms with Crippen LogP contribution in [0.1, 0.15) is 35.7 Å². The first-order chi connectivity index (χ1) is 15.0. The Morgan fingerprint density at radius 2 is 1.78 bits per heavy atom. The molecule has 3 rings (SSSR count). The quantitative estimate of drug-likeness (QED) is 0.684. The number of nitrogens with one attached hydrogen (secondary N) is 1. The van der Waals surface area contributed by atoms with Crippen molar-refractivity contribution in [3.8, 4) is 0 Å². The Balaban J connectivity index is 1.73. The highest BCUT2D eigenvalue weighted by Crippen LogP contribution is 2.32. The number of carbonyl (C=O) groups is 1. The number of anilines is 2. The molecule has 0 bridgehead atoms. The minimum Gasteiger partial charge on any atom is -0.355 e. The van der Waals surface area contributed by atoms with E-state index in [9.17, 15) is 26.4 Å². The summed E-state index contributed by atoms with van der Waals surface area (Å²) in [7, 11) is -1.74. The van der Waals surface area contributed by atoms with Gasteiger partial charge in [-0.3, -0.25) is 4.79 Å². The molecule has 1 aliphatic rings. The number of carbonyl (C=O) groups excluding carboxylic acids is 1. The first kappa shape index (κ1) is 24.1. The number of nitrogens with zero attached hydrogens (tertiary/aromatic N) is 2. The maximum absolute atomic E-state index is 13.1. The number of likely N-dealkylation sites (tertiary alicyclic amines) is 1. The number of piperidine rings is 1. The predicted molar refractivity (Wildman–Crippen MR) is 117 cm³/mol. The second-order valence-electron chi connectivity index (χ2n) is 7.69. The maximum Gasteiger partial charge on any atom is 0.416 e. The van der Waals surface area contributed by atoms with E-state index in [1.54, 1.807) is 43.1 Å². The number of sulfonamides is 1. The summed E-state index contributed by atoms with van der Waals surface area (Å²) < 4.78 is 64.6. The molecule has 1 aliphatic heterocycles. The molecule has 1 amide bonds. The summed E-state index contributed by atoms with van der Waals surface area (Å²) in [5.41, 5.74) is 0.201. The van der Waals surface area contributed by atoms with E-state index >= 15 is 0 Å². The van der Waals surface area contributed by atoms with Crippen LogP contribution in [0.4, 0.5) is 24.5 Å². The summed E-state index contributed by atoms with van der Waals surface area (Å²) in [4.78, 5) is 14.8. The molecular weight excluding hydrogens is 443 g/mol. The van der Waals surface area contributed by atoms with Crippen LogP contribution in [0.2, 0.25) is 0 Å². The topological polar surface area (TPSA) is 69.7 Å². The normalized spacial score (nSPS) is 15.8. The average molecular weight is 470 g/mol. The standard InChI is InChI=1S/C22H26F3N3O3S/c1-3-32(30,31)27(2)18-11-13-28(14-12-18)21(29)19-9-4-5-10-20(19)26-17-8-6-7-16(15-17)22(23,24)25/h4-10,15,18,26H,3,11-14H2,1-2H3. The Hall–Kier alpha value is -2.59. The van der Waals surface area contributed by atoms with E-state index < -0.39 is 21.8 Å². The SMILES string of the molecule is CCS(=O)(=O)N(C)C1CCN(C(=O)c2ccccc2Nc2cccc(C(F)(F)F)c2)CC1. The van der Waals surface area contributed by atoms with Gasteiger partial charge in [-0.2, -0.15) is 13.2 Å².